The Bertz CT molecular complexity index is 1220. The zero-order valence-electron chi connectivity index (χ0n) is 24.7. The molecule has 0 atom stereocenters. The number of hydrogen-bond donors (Lipinski definition) is 1. The van der Waals surface area contributed by atoms with Crippen LogP contribution in [0.3, 0.4) is 0 Å². The summed E-state index contributed by atoms with van der Waals surface area (Å²) in [6.45, 7) is 6.43. The van der Waals surface area contributed by atoms with Gasteiger partial charge in [0.15, 0.2) is 0 Å². The molecule has 0 bridgehead atoms. The number of carbonyl (C=O) groups is 1. The van der Waals surface area contributed by atoms with E-state index in [0.29, 0.717) is 12.5 Å². The minimum Gasteiger partial charge on any atom is -0.489 e. The highest BCUT2D eigenvalue weighted by Crippen LogP contribution is 2.41. The number of hydrogen-bond acceptors (Lipinski definition) is 4. The Morgan fingerprint density at radius 1 is 0.878 bits per heavy atom. The van der Waals surface area contributed by atoms with Gasteiger partial charge in [0.1, 0.15) is 19.0 Å². The van der Waals surface area contributed by atoms with Crippen LogP contribution in [-0.2, 0) is 16.0 Å². The number of carbonyl (C=O) groups excluding carboxylic acids is 1. The van der Waals surface area contributed by atoms with Crippen LogP contribution >= 0.6 is 0 Å². The maximum absolute atomic E-state index is 11.5. The fraction of sp³-hybridized carbons (Fsp3) is 0.432. The Kier molecular flexibility index (Phi) is 12.1. The van der Waals surface area contributed by atoms with Crippen LogP contribution < -0.4 is 4.74 Å². The van der Waals surface area contributed by atoms with E-state index in [-0.39, 0.29) is 13.2 Å². The number of esters is 1. The van der Waals surface area contributed by atoms with Gasteiger partial charge in [0.2, 0.25) is 0 Å². The van der Waals surface area contributed by atoms with Crippen molar-refractivity contribution < 1.29 is 19.4 Å². The summed E-state index contributed by atoms with van der Waals surface area (Å²) >= 11 is 0. The molecule has 1 aliphatic rings. The lowest BCUT2D eigenvalue weighted by Crippen LogP contribution is -2.14. The Labute approximate surface area is 246 Å². The lowest BCUT2D eigenvalue weighted by atomic mass is 9.77. The second-order valence-corrected chi connectivity index (χ2v) is 11.3. The van der Waals surface area contributed by atoms with Gasteiger partial charge in [0.05, 0.1) is 0 Å². The minimum absolute atomic E-state index is 0.185. The molecule has 1 saturated carbocycles. The second-order valence-electron chi connectivity index (χ2n) is 11.3. The van der Waals surface area contributed by atoms with Gasteiger partial charge in [-0.2, -0.15) is 0 Å². The molecule has 4 heteroatoms. The molecule has 218 valence electrons. The Morgan fingerprint density at radius 3 is 2.22 bits per heavy atom. The third kappa shape index (κ3) is 9.06. The quantitative estimate of drug-likeness (QED) is 0.116. The normalized spacial score (nSPS) is 16.7. The molecular weight excluding hydrogens is 508 g/mol. The molecule has 0 aromatic heterocycles. The van der Waals surface area contributed by atoms with Gasteiger partial charge in [0, 0.05) is 18.2 Å². The molecule has 4 nitrogen and oxygen atoms in total. The van der Waals surface area contributed by atoms with E-state index in [0.717, 1.165) is 41.2 Å². The fourth-order valence-corrected chi connectivity index (χ4v) is 5.96. The van der Waals surface area contributed by atoms with Crippen molar-refractivity contribution >= 4 is 5.97 Å². The number of ether oxygens (including phenoxy) is 2. The standard InChI is InChI=1S/C37H46O4/c1-3-5-6-8-28-12-16-32(17-13-28)34-22-23-35(36(27-34)40-25-26-41-37(39)4-2)33-20-18-31(19-21-33)30-14-10-29(11-15-30)9-7-24-38/h4,10-11,14-15,18-23,27-28,32,38H,2-3,5-9,12-13,16-17,24-26H2,1H3. The third-order valence-electron chi connectivity index (χ3n) is 8.40. The molecule has 3 aromatic carbocycles. The summed E-state index contributed by atoms with van der Waals surface area (Å²) < 4.78 is 11.4. The maximum atomic E-state index is 11.5. The highest BCUT2D eigenvalue weighted by atomic mass is 16.6. The number of aryl methyl sites for hydroxylation is 1. The van der Waals surface area contributed by atoms with Crippen LogP contribution in [0.25, 0.3) is 22.3 Å². The Hall–Kier alpha value is -3.37. The first-order chi connectivity index (χ1) is 20.1. The van der Waals surface area contributed by atoms with Crippen LogP contribution in [0.2, 0.25) is 0 Å². The van der Waals surface area contributed by atoms with E-state index >= 15 is 0 Å². The molecule has 0 spiro atoms. The van der Waals surface area contributed by atoms with Crippen molar-refractivity contribution in [1.29, 1.82) is 0 Å². The molecule has 0 heterocycles. The van der Waals surface area contributed by atoms with E-state index in [9.17, 15) is 4.79 Å². The van der Waals surface area contributed by atoms with E-state index in [2.05, 4.69) is 80.2 Å². The van der Waals surface area contributed by atoms with Crippen molar-refractivity contribution in [2.24, 2.45) is 5.92 Å². The summed E-state index contributed by atoms with van der Waals surface area (Å²) in [5.74, 6) is 1.84. The molecule has 0 aliphatic heterocycles. The Morgan fingerprint density at radius 2 is 1.56 bits per heavy atom. The van der Waals surface area contributed by atoms with Gasteiger partial charge >= 0.3 is 5.97 Å². The maximum Gasteiger partial charge on any atom is 0.330 e. The predicted octanol–water partition coefficient (Wildman–Crippen LogP) is 8.91. The summed E-state index contributed by atoms with van der Waals surface area (Å²) in [6, 6.07) is 23.9. The average molecular weight is 555 g/mol. The van der Waals surface area contributed by atoms with Gasteiger partial charge in [-0.15, -0.1) is 0 Å². The molecule has 3 aromatic rings. The van der Waals surface area contributed by atoms with E-state index in [1.54, 1.807) is 0 Å². The number of aliphatic hydroxyl groups excluding tert-OH is 1. The molecule has 1 N–H and O–H groups in total. The number of unbranched alkanes of at least 4 members (excludes halogenated alkanes) is 2. The minimum atomic E-state index is -0.435. The summed E-state index contributed by atoms with van der Waals surface area (Å²) in [5, 5.41) is 9.08. The summed E-state index contributed by atoms with van der Waals surface area (Å²) in [5.41, 5.74) is 7.06. The van der Waals surface area contributed by atoms with E-state index < -0.39 is 5.97 Å². The van der Waals surface area contributed by atoms with Crippen molar-refractivity contribution in [3.05, 3.63) is 90.5 Å². The fourth-order valence-electron chi connectivity index (χ4n) is 5.96. The zero-order valence-corrected chi connectivity index (χ0v) is 24.7. The molecule has 0 radical (unpaired) electrons. The number of aliphatic hydroxyl groups is 1. The number of rotatable bonds is 15. The molecule has 41 heavy (non-hydrogen) atoms. The molecule has 0 unspecified atom stereocenters. The zero-order chi connectivity index (χ0) is 28.9. The SMILES string of the molecule is C=CC(=O)OCCOc1cc(C2CCC(CCCCC)CC2)ccc1-c1ccc(-c2ccc(CCCO)cc2)cc1. The topological polar surface area (TPSA) is 55.8 Å². The van der Waals surface area contributed by atoms with E-state index in [1.807, 2.05) is 0 Å². The summed E-state index contributed by atoms with van der Waals surface area (Å²) in [6.07, 6.45) is 13.3. The third-order valence-corrected chi connectivity index (χ3v) is 8.40. The van der Waals surface area contributed by atoms with Crippen LogP contribution in [0, 0.1) is 5.92 Å². The summed E-state index contributed by atoms with van der Waals surface area (Å²) in [7, 11) is 0. The van der Waals surface area contributed by atoms with Gasteiger partial charge in [-0.05, 0) is 84.2 Å². The molecule has 0 saturated heterocycles. The monoisotopic (exact) mass is 554 g/mol. The molecule has 1 aliphatic carbocycles. The van der Waals surface area contributed by atoms with Crippen molar-refractivity contribution in [2.45, 2.75) is 77.0 Å². The van der Waals surface area contributed by atoms with Crippen molar-refractivity contribution in [2.75, 3.05) is 19.8 Å². The van der Waals surface area contributed by atoms with Crippen LogP contribution in [0.4, 0.5) is 0 Å². The lowest BCUT2D eigenvalue weighted by molar-refractivity contribution is -0.138. The van der Waals surface area contributed by atoms with E-state index in [4.69, 9.17) is 14.6 Å². The molecule has 0 amide bonds. The Balaban J connectivity index is 1.48. The first-order valence-corrected chi connectivity index (χ1v) is 15.5. The first-order valence-electron chi connectivity index (χ1n) is 15.5. The van der Waals surface area contributed by atoms with Crippen LogP contribution in [0.15, 0.2) is 79.4 Å². The van der Waals surface area contributed by atoms with E-state index in [1.165, 1.54) is 74.1 Å². The van der Waals surface area contributed by atoms with Crippen molar-refractivity contribution in [1.82, 2.24) is 0 Å². The van der Waals surface area contributed by atoms with Crippen molar-refractivity contribution in [3.8, 4) is 28.0 Å². The van der Waals surface area contributed by atoms with Gasteiger partial charge in [-0.25, -0.2) is 4.79 Å². The van der Waals surface area contributed by atoms with Crippen LogP contribution in [-0.4, -0.2) is 30.9 Å². The van der Waals surface area contributed by atoms with Crippen LogP contribution in [0.5, 0.6) is 5.75 Å². The smallest absolute Gasteiger partial charge is 0.330 e. The molecule has 1 fully saturated rings. The second kappa shape index (κ2) is 16.2. The lowest BCUT2D eigenvalue weighted by Gasteiger charge is -2.29. The van der Waals surface area contributed by atoms with Crippen molar-refractivity contribution in [3.63, 3.8) is 0 Å². The van der Waals surface area contributed by atoms with Crippen LogP contribution in [0.1, 0.15) is 81.8 Å². The van der Waals surface area contributed by atoms with Gasteiger partial charge in [-0.3, -0.25) is 0 Å². The first kappa shape index (κ1) is 30.6. The average Bonchev–Trinajstić information content (AvgIpc) is 3.02. The van der Waals surface area contributed by atoms with Gasteiger partial charge in [0.25, 0.3) is 0 Å². The molecule has 4 rings (SSSR count). The predicted molar refractivity (Wildman–Crippen MR) is 168 cm³/mol. The largest absolute Gasteiger partial charge is 0.489 e. The highest BCUT2D eigenvalue weighted by Gasteiger charge is 2.23. The highest BCUT2D eigenvalue weighted by molar-refractivity contribution is 5.81. The van der Waals surface area contributed by atoms with Gasteiger partial charge in [-0.1, -0.05) is 99.8 Å². The van der Waals surface area contributed by atoms with Gasteiger partial charge < -0.3 is 14.6 Å². The summed E-state index contributed by atoms with van der Waals surface area (Å²) in [4.78, 5) is 11.5. The number of benzene rings is 3. The molecular formula is C37H46O4.